The molecule has 0 radical (unpaired) electrons. The van der Waals surface area contributed by atoms with Crippen LogP contribution in [0.2, 0.25) is 0 Å². The van der Waals surface area contributed by atoms with Crippen molar-refractivity contribution in [3.8, 4) is 17.0 Å². The summed E-state index contributed by atoms with van der Waals surface area (Å²) < 4.78 is 5.29. The molecule has 1 saturated heterocycles. The van der Waals surface area contributed by atoms with E-state index in [1.54, 1.807) is 7.11 Å². The molecule has 170 valence electrons. The van der Waals surface area contributed by atoms with Crippen molar-refractivity contribution in [3.63, 3.8) is 0 Å². The van der Waals surface area contributed by atoms with Crippen molar-refractivity contribution in [1.29, 1.82) is 0 Å². The average Bonchev–Trinajstić information content (AvgIpc) is 3.48. The topological polar surface area (TPSA) is 98.9 Å². The molecule has 2 aromatic carbocycles. The Labute approximate surface area is 192 Å². The van der Waals surface area contributed by atoms with Crippen LogP contribution in [0.15, 0.2) is 48.5 Å². The first-order valence-electron chi connectivity index (χ1n) is 11.4. The van der Waals surface area contributed by atoms with Crippen LogP contribution in [0.4, 0.5) is 11.9 Å². The van der Waals surface area contributed by atoms with Crippen LogP contribution < -0.4 is 15.0 Å². The lowest BCUT2D eigenvalue weighted by molar-refractivity contribution is -0.116. The molecule has 8 heteroatoms. The van der Waals surface area contributed by atoms with Gasteiger partial charge >= 0.3 is 0 Å². The van der Waals surface area contributed by atoms with Crippen LogP contribution in [0, 0.1) is 0 Å². The quantitative estimate of drug-likeness (QED) is 0.389. The Bertz CT molecular complexity index is 1240. The number of piperidine rings is 1. The van der Waals surface area contributed by atoms with Crippen LogP contribution in [0.1, 0.15) is 31.2 Å². The van der Waals surface area contributed by atoms with Crippen molar-refractivity contribution in [2.45, 2.75) is 32.1 Å². The largest absolute Gasteiger partial charge is 0.497 e. The standard InChI is InChI=1S/C25H28N6O2/c1-33-18-11-9-17(10-12-18)23-20(19-7-3-4-8-21(19)26-23)13-14-22(32)27-24-28-25(30-29-24)31-15-5-2-6-16-31/h3-4,7-12,26H,2,5-6,13-16H2,1H3,(H2,27,28,29,30,32). The van der Waals surface area contributed by atoms with Gasteiger partial charge in [0.15, 0.2) is 0 Å². The van der Waals surface area contributed by atoms with Gasteiger partial charge in [0.1, 0.15) is 5.75 Å². The van der Waals surface area contributed by atoms with Gasteiger partial charge in [-0.1, -0.05) is 18.2 Å². The summed E-state index contributed by atoms with van der Waals surface area (Å²) in [4.78, 5) is 22.9. The van der Waals surface area contributed by atoms with Crippen LogP contribution in [-0.2, 0) is 11.2 Å². The second-order valence-electron chi connectivity index (χ2n) is 8.33. The highest BCUT2D eigenvalue weighted by molar-refractivity contribution is 5.93. The predicted molar refractivity (Wildman–Crippen MR) is 130 cm³/mol. The first-order valence-corrected chi connectivity index (χ1v) is 11.4. The van der Waals surface area contributed by atoms with Crippen LogP contribution >= 0.6 is 0 Å². The number of amides is 1. The molecule has 1 amide bonds. The predicted octanol–water partition coefficient (Wildman–Crippen LogP) is 4.52. The third kappa shape index (κ3) is 4.55. The van der Waals surface area contributed by atoms with E-state index in [4.69, 9.17) is 4.74 Å². The fourth-order valence-electron chi connectivity index (χ4n) is 4.44. The lowest BCUT2D eigenvalue weighted by Crippen LogP contribution is -2.30. The molecule has 0 atom stereocenters. The zero-order valence-corrected chi connectivity index (χ0v) is 18.7. The maximum Gasteiger partial charge on any atom is 0.246 e. The van der Waals surface area contributed by atoms with Crippen molar-refractivity contribution in [2.75, 3.05) is 30.4 Å². The summed E-state index contributed by atoms with van der Waals surface area (Å²) in [6.45, 7) is 1.92. The number of para-hydroxylation sites is 1. The Morgan fingerprint density at radius 3 is 2.67 bits per heavy atom. The summed E-state index contributed by atoms with van der Waals surface area (Å²) in [6.07, 6.45) is 4.49. The Morgan fingerprint density at radius 1 is 1.09 bits per heavy atom. The molecular weight excluding hydrogens is 416 g/mol. The van der Waals surface area contributed by atoms with E-state index in [0.717, 1.165) is 59.4 Å². The van der Waals surface area contributed by atoms with E-state index in [0.29, 0.717) is 24.7 Å². The highest BCUT2D eigenvalue weighted by Gasteiger charge is 2.18. The van der Waals surface area contributed by atoms with Gasteiger partial charge in [-0.3, -0.25) is 10.1 Å². The van der Waals surface area contributed by atoms with Gasteiger partial charge in [-0.25, -0.2) is 5.10 Å². The number of hydrogen-bond acceptors (Lipinski definition) is 5. The third-order valence-electron chi connectivity index (χ3n) is 6.16. The summed E-state index contributed by atoms with van der Waals surface area (Å²) >= 11 is 0. The second-order valence-corrected chi connectivity index (χ2v) is 8.33. The van der Waals surface area contributed by atoms with Crippen molar-refractivity contribution in [3.05, 3.63) is 54.1 Å². The Kier molecular flexibility index (Phi) is 5.97. The number of nitrogens with zero attached hydrogens (tertiary/aromatic N) is 3. The smallest absolute Gasteiger partial charge is 0.246 e. The molecule has 0 saturated carbocycles. The number of nitrogens with one attached hydrogen (secondary N) is 3. The van der Waals surface area contributed by atoms with Gasteiger partial charge in [-0.05, 0) is 67.1 Å². The highest BCUT2D eigenvalue weighted by atomic mass is 16.5. The number of aromatic amines is 2. The first kappa shape index (κ1) is 21.1. The SMILES string of the molecule is COc1ccc(-c2[nH]c3ccccc3c2CCC(=O)Nc2nc(N3CCCCC3)n[nH]2)cc1. The number of ether oxygens (including phenoxy) is 1. The van der Waals surface area contributed by atoms with Crippen LogP contribution in [0.3, 0.4) is 0 Å². The van der Waals surface area contributed by atoms with E-state index in [-0.39, 0.29) is 5.91 Å². The van der Waals surface area contributed by atoms with Gasteiger partial charge in [0.05, 0.1) is 7.11 Å². The molecule has 1 fully saturated rings. The molecule has 5 rings (SSSR count). The minimum absolute atomic E-state index is 0.0951. The monoisotopic (exact) mass is 444 g/mol. The molecule has 3 N–H and O–H groups in total. The summed E-state index contributed by atoms with van der Waals surface area (Å²) in [6, 6.07) is 16.1. The fourth-order valence-corrected chi connectivity index (χ4v) is 4.44. The van der Waals surface area contributed by atoms with E-state index >= 15 is 0 Å². The molecule has 0 spiro atoms. The Hall–Kier alpha value is -3.81. The van der Waals surface area contributed by atoms with E-state index < -0.39 is 0 Å². The minimum Gasteiger partial charge on any atom is -0.497 e. The molecule has 3 heterocycles. The fraction of sp³-hybridized carbons (Fsp3) is 0.320. The molecule has 4 aromatic rings. The highest BCUT2D eigenvalue weighted by Crippen LogP contribution is 2.32. The number of rotatable bonds is 7. The molecule has 2 aromatic heterocycles. The second kappa shape index (κ2) is 9.36. The summed E-state index contributed by atoms with van der Waals surface area (Å²) in [5.41, 5.74) is 4.26. The Morgan fingerprint density at radius 2 is 1.88 bits per heavy atom. The number of aromatic nitrogens is 4. The number of anilines is 2. The number of methoxy groups -OCH3 is 1. The van der Waals surface area contributed by atoms with Crippen molar-refractivity contribution < 1.29 is 9.53 Å². The molecule has 0 aliphatic carbocycles. The minimum atomic E-state index is -0.0951. The van der Waals surface area contributed by atoms with Crippen molar-refractivity contribution >= 4 is 28.7 Å². The van der Waals surface area contributed by atoms with Gasteiger partial charge in [-0.2, -0.15) is 4.98 Å². The number of carbonyl (C=O) groups is 1. The number of hydrogen-bond donors (Lipinski definition) is 3. The van der Waals surface area contributed by atoms with E-state index in [1.807, 2.05) is 36.4 Å². The van der Waals surface area contributed by atoms with Crippen LogP contribution in [0.25, 0.3) is 22.2 Å². The Balaban J connectivity index is 1.30. The lowest BCUT2D eigenvalue weighted by atomic mass is 10.0. The summed E-state index contributed by atoms with van der Waals surface area (Å²) in [7, 11) is 1.66. The number of fused-ring (bicyclic) bond motifs is 1. The van der Waals surface area contributed by atoms with Crippen LogP contribution in [0.5, 0.6) is 5.75 Å². The molecule has 0 unspecified atom stereocenters. The van der Waals surface area contributed by atoms with Gasteiger partial charge in [-0.15, -0.1) is 5.10 Å². The van der Waals surface area contributed by atoms with Gasteiger partial charge in [0.2, 0.25) is 17.8 Å². The van der Waals surface area contributed by atoms with E-state index in [9.17, 15) is 4.79 Å². The number of aryl methyl sites for hydroxylation is 1. The zero-order chi connectivity index (χ0) is 22.6. The summed E-state index contributed by atoms with van der Waals surface area (Å²) in [5, 5.41) is 11.1. The number of benzene rings is 2. The third-order valence-corrected chi connectivity index (χ3v) is 6.16. The molecule has 8 nitrogen and oxygen atoms in total. The normalized spacial score (nSPS) is 13.9. The van der Waals surface area contributed by atoms with Crippen LogP contribution in [-0.4, -0.2) is 46.3 Å². The van der Waals surface area contributed by atoms with Gasteiger partial charge in [0.25, 0.3) is 0 Å². The van der Waals surface area contributed by atoms with E-state index in [1.165, 1.54) is 6.42 Å². The maximum absolute atomic E-state index is 12.7. The molecule has 1 aliphatic heterocycles. The van der Waals surface area contributed by atoms with E-state index in [2.05, 4.69) is 42.5 Å². The number of H-pyrrole nitrogens is 2. The van der Waals surface area contributed by atoms with Gasteiger partial charge in [0, 0.05) is 36.1 Å². The molecule has 33 heavy (non-hydrogen) atoms. The summed E-state index contributed by atoms with van der Waals surface area (Å²) in [5.74, 6) is 1.77. The lowest BCUT2D eigenvalue weighted by Gasteiger charge is -2.24. The first-order chi connectivity index (χ1) is 16.2. The van der Waals surface area contributed by atoms with Crippen molar-refractivity contribution in [2.24, 2.45) is 0 Å². The maximum atomic E-state index is 12.7. The molecular formula is C25H28N6O2. The molecule has 1 aliphatic rings. The average molecular weight is 445 g/mol. The molecule has 0 bridgehead atoms. The number of carbonyl (C=O) groups excluding carboxylic acids is 1. The zero-order valence-electron chi connectivity index (χ0n) is 18.7. The van der Waals surface area contributed by atoms with Crippen molar-refractivity contribution in [1.82, 2.24) is 20.2 Å². The van der Waals surface area contributed by atoms with Gasteiger partial charge < -0.3 is 14.6 Å².